The molecule has 22 heavy (non-hydrogen) atoms. The number of ether oxygens (including phenoxy) is 1. The Hall–Kier alpha value is -2.08. The number of hydrogen-bond acceptors (Lipinski definition) is 3. The minimum Gasteiger partial charge on any atom is -0.383 e. The Morgan fingerprint density at radius 1 is 1.41 bits per heavy atom. The summed E-state index contributed by atoms with van der Waals surface area (Å²) in [7, 11) is 1.58. The van der Waals surface area contributed by atoms with Crippen LogP contribution in [0.1, 0.15) is 24.9 Å². The summed E-state index contributed by atoms with van der Waals surface area (Å²) in [6.45, 7) is 3.46. The highest BCUT2D eigenvalue weighted by Gasteiger charge is 2.33. The lowest BCUT2D eigenvalue weighted by atomic mass is 10.1. The molecule has 0 bridgehead atoms. The van der Waals surface area contributed by atoms with Crippen molar-refractivity contribution in [3.05, 3.63) is 35.9 Å². The minimum atomic E-state index is -0.260. The summed E-state index contributed by atoms with van der Waals surface area (Å²) in [6, 6.07) is 9.50. The number of carbonyl (C=O) groups excluding carboxylic acids is 2. The van der Waals surface area contributed by atoms with Crippen molar-refractivity contribution in [3.63, 3.8) is 0 Å². The fourth-order valence-electron chi connectivity index (χ4n) is 2.62. The summed E-state index contributed by atoms with van der Waals surface area (Å²) in [4.78, 5) is 25.7. The number of hydrogen-bond donors (Lipinski definition) is 2. The lowest BCUT2D eigenvalue weighted by Crippen LogP contribution is -2.44. The summed E-state index contributed by atoms with van der Waals surface area (Å²) < 4.78 is 4.87. The van der Waals surface area contributed by atoms with E-state index in [1.165, 1.54) is 0 Å². The van der Waals surface area contributed by atoms with Crippen LogP contribution in [-0.2, 0) is 9.53 Å². The molecular formula is C16H23N3O3. The molecule has 2 N–H and O–H groups in total. The highest BCUT2D eigenvalue weighted by molar-refractivity contribution is 5.82. The molecule has 1 aromatic rings. The molecule has 0 aromatic heterocycles. The molecule has 120 valence electrons. The van der Waals surface area contributed by atoms with Gasteiger partial charge >= 0.3 is 6.03 Å². The molecule has 1 fully saturated rings. The second-order valence-electron chi connectivity index (χ2n) is 5.43. The van der Waals surface area contributed by atoms with E-state index in [2.05, 4.69) is 10.6 Å². The average molecular weight is 305 g/mol. The molecule has 1 aliphatic heterocycles. The van der Waals surface area contributed by atoms with Gasteiger partial charge in [0.2, 0.25) is 5.91 Å². The zero-order valence-electron chi connectivity index (χ0n) is 13.0. The number of urea groups is 1. The van der Waals surface area contributed by atoms with Crippen molar-refractivity contribution in [1.29, 1.82) is 0 Å². The summed E-state index contributed by atoms with van der Waals surface area (Å²) >= 11 is 0. The smallest absolute Gasteiger partial charge is 0.315 e. The predicted molar refractivity (Wildman–Crippen MR) is 83.4 cm³/mol. The maximum absolute atomic E-state index is 12.2. The standard InChI is InChI=1S/C16H23N3O3/c1-12(13-6-4-3-5-7-13)19-11-14(10-15(19)20)18-16(21)17-8-9-22-2/h3-7,12,14H,8-11H2,1-2H3,(H2,17,18,21). The summed E-state index contributed by atoms with van der Waals surface area (Å²) in [6.07, 6.45) is 0.342. The predicted octanol–water partition coefficient (Wildman–Crippen LogP) is 1.29. The van der Waals surface area contributed by atoms with Crippen LogP contribution in [0.5, 0.6) is 0 Å². The number of rotatable bonds is 6. The van der Waals surface area contributed by atoms with Gasteiger partial charge < -0.3 is 20.3 Å². The van der Waals surface area contributed by atoms with Gasteiger partial charge in [-0.2, -0.15) is 0 Å². The Kier molecular flexibility index (Phi) is 5.77. The van der Waals surface area contributed by atoms with Crippen molar-refractivity contribution in [2.45, 2.75) is 25.4 Å². The van der Waals surface area contributed by atoms with Crippen molar-refractivity contribution >= 4 is 11.9 Å². The Bertz CT molecular complexity index is 507. The molecule has 6 nitrogen and oxygen atoms in total. The average Bonchev–Trinajstić information content (AvgIpc) is 2.88. The fourth-order valence-corrected chi connectivity index (χ4v) is 2.62. The van der Waals surface area contributed by atoms with Gasteiger partial charge in [0.1, 0.15) is 0 Å². The lowest BCUT2D eigenvalue weighted by molar-refractivity contribution is -0.129. The summed E-state index contributed by atoms with van der Waals surface area (Å²) in [5.74, 6) is 0.0681. The van der Waals surface area contributed by atoms with Crippen LogP contribution in [0.4, 0.5) is 4.79 Å². The maximum atomic E-state index is 12.2. The Morgan fingerprint density at radius 2 is 2.14 bits per heavy atom. The molecule has 0 spiro atoms. The van der Waals surface area contributed by atoms with Gasteiger partial charge in [-0.05, 0) is 12.5 Å². The number of likely N-dealkylation sites (tertiary alicyclic amines) is 1. The van der Waals surface area contributed by atoms with E-state index < -0.39 is 0 Å². The molecule has 1 aliphatic rings. The molecule has 0 aliphatic carbocycles. The number of nitrogens with zero attached hydrogens (tertiary/aromatic N) is 1. The molecule has 3 amide bonds. The zero-order valence-corrected chi connectivity index (χ0v) is 13.0. The van der Waals surface area contributed by atoms with Crippen molar-refractivity contribution < 1.29 is 14.3 Å². The van der Waals surface area contributed by atoms with Gasteiger partial charge in [-0.15, -0.1) is 0 Å². The molecule has 6 heteroatoms. The number of amides is 3. The van der Waals surface area contributed by atoms with Gasteiger partial charge in [-0.25, -0.2) is 4.79 Å². The molecule has 1 heterocycles. The fraction of sp³-hybridized carbons (Fsp3) is 0.500. The molecule has 0 radical (unpaired) electrons. The summed E-state index contributed by atoms with van der Waals surface area (Å²) in [5, 5.41) is 5.53. The van der Waals surface area contributed by atoms with E-state index >= 15 is 0 Å². The van der Waals surface area contributed by atoms with E-state index in [0.717, 1.165) is 5.56 Å². The van der Waals surface area contributed by atoms with Crippen LogP contribution in [0.15, 0.2) is 30.3 Å². The second kappa shape index (κ2) is 7.79. The van der Waals surface area contributed by atoms with E-state index in [9.17, 15) is 9.59 Å². The molecule has 0 saturated carbocycles. The van der Waals surface area contributed by atoms with E-state index in [0.29, 0.717) is 26.1 Å². The van der Waals surface area contributed by atoms with E-state index in [1.54, 1.807) is 7.11 Å². The Balaban J connectivity index is 1.87. The lowest BCUT2D eigenvalue weighted by Gasteiger charge is -2.25. The zero-order chi connectivity index (χ0) is 15.9. The SMILES string of the molecule is COCCNC(=O)NC1CC(=O)N(C(C)c2ccccc2)C1. The highest BCUT2D eigenvalue weighted by Crippen LogP contribution is 2.25. The van der Waals surface area contributed by atoms with Gasteiger partial charge in [0.15, 0.2) is 0 Å². The molecular weight excluding hydrogens is 282 g/mol. The molecule has 2 atom stereocenters. The second-order valence-corrected chi connectivity index (χ2v) is 5.43. The van der Waals surface area contributed by atoms with E-state index in [1.807, 2.05) is 42.2 Å². The third-order valence-electron chi connectivity index (χ3n) is 3.83. The van der Waals surface area contributed by atoms with Gasteiger partial charge in [0, 0.05) is 26.6 Å². The van der Waals surface area contributed by atoms with Crippen molar-refractivity contribution in [2.75, 3.05) is 26.8 Å². The Morgan fingerprint density at radius 3 is 2.82 bits per heavy atom. The van der Waals surface area contributed by atoms with E-state index in [4.69, 9.17) is 4.74 Å². The van der Waals surface area contributed by atoms with Crippen LogP contribution in [-0.4, -0.2) is 49.7 Å². The van der Waals surface area contributed by atoms with Crippen LogP contribution in [0, 0.1) is 0 Å². The van der Waals surface area contributed by atoms with Crippen LogP contribution in [0.25, 0.3) is 0 Å². The molecule has 1 aromatic carbocycles. The van der Waals surface area contributed by atoms with Crippen LogP contribution in [0.2, 0.25) is 0 Å². The number of methoxy groups -OCH3 is 1. The quantitative estimate of drug-likeness (QED) is 0.778. The van der Waals surface area contributed by atoms with Crippen molar-refractivity contribution in [3.8, 4) is 0 Å². The number of benzene rings is 1. The molecule has 2 rings (SSSR count). The first-order valence-electron chi connectivity index (χ1n) is 7.49. The van der Waals surface area contributed by atoms with Crippen LogP contribution in [0.3, 0.4) is 0 Å². The van der Waals surface area contributed by atoms with Gasteiger partial charge in [-0.3, -0.25) is 4.79 Å². The number of carbonyl (C=O) groups is 2. The molecule has 1 saturated heterocycles. The van der Waals surface area contributed by atoms with E-state index in [-0.39, 0.29) is 24.0 Å². The largest absolute Gasteiger partial charge is 0.383 e. The van der Waals surface area contributed by atoms with Crippen molar-refractivity contribution in [1.82, 2.24) is 15.5 Å². The van der Waals surface area contributed by atoms with Crippen LogP contribution < -0.4 is 10.6 Å². The van der Waals surface area contributed by atoms with Crippen molar-refractivity contribution in [2.24, 2.45) is 0 Å². The first-order valence-corrected chi connectivity index (χ1v) is 7.49. The van der Waals surface area contributed by atoms with Gasteiger partial charge in [-0.1, -0.05) is 30.3 Å². The van der Waals surface area contributed by atoms with Gasteiger partial charge in [0.05, 0.1) is 18.7 Å². The number of nitrogens with one attached hydrogen (secondary N) is 2. The minimum absolute atomic E-state index is 0.0112. The molecule has 2 unspecified atom stereocenters. The van der Waals surface area contributed by atoms with Crippen LogP contribution >= 0.6 is 0 Å². The topological polar surface area (TPSA) is 70.7 Å². The monoisotopic (exact) mass is 305 g/mol. The first kappa shape index (κ1) is 16.3. The maximum Gasteiger partial charge on any atom is 0.315 e. The highest BCUT2D eigenvalue weighted by atomic mass is 16.5. The third kappa shape index (κ3) is 4.21. The normalized spacial score (nSPS) is 19.1. The van der Waals surface area contributed by atoms with Gasteiger partial charge in [0.25, 0.3) is 0 Å². The first-order chi connectivity index (χ1) is 10.6. The summed E-state index contributed by atoms with van der Waals surface area (Å²) in [5.41, 5.74) is 1.10. The Labute approximate surface area is 130 Å². The third-order valence-corrected chi connectivity index (χ3v) is 3.83.